The minimum atomic E-state index is -4.48. The number of carbonyl (C=O) groups excluding carboxylic acids is 1. The summed E-state index contributed by atoms with van der Waals surface area (Å²) in [6.45, 7) is 3.97. The molecule has 0 saturated heterocycles. The Morgan fingerprint density at radius 3 is 2.39 bits per heavy atom. The van der Waals surface area contributed by atoms with Crippen LogP contribution in [-0.4, -0.2) is 27.5 Å². The molecule has 4 rings (SSSR count). The molecule has 1 atom stereocenters. The number of rotatable bonds is 7. The minimum absolute atomic E-state index is 0.159. The highest BCUT2D eigenvalue weighted by molar-refractivity contribution is 6.31. The van der Waals surface area contributed by atoms with Gasteiger partial charge in [0.25, 0.3) is 5.91 Å². The van der Waals surface area contributed by atoms with Crippen LogP contribution in [0.2, 0.25) is 5.02 Å². The number of hydrogen-bond donors (Lipinski definition) is 0. The van der Waals surface area contributed by atoms with Crippen molar-refractivity contribution in [1.29, 1.82) is 0 Å². The van der Waals surface area contributed by atoms with E-state index in [-0.39, 0.29) is 24.6 Å². The summed E-state index contributed by atoms with van der Waals surface area (Å²) in [5, 5.41) is 4.61. The van der Waals surface area contributed by atoms with Gasteiger partial charge in [-0.15, -0.1) is 0 Å². The normalized spacial score (nSPS) is 12.4. The minimum Gasteiger partial charge on any atom is -0.339 e. The van der Waals surface area contributed by atoms with Crippen LogP contribution in [0.3, 0.4) is 0 Å². The summed E-state index contributed by atoms with van der Waals surface area (Å²) in [4.78, 5) is 19.4. The largest absolute Gasteiger partial charge is 0.416 e. The van der Waals surface area contributed by atoms with E-state index in [9.17, 15) is 18.0 Å². The number of alkyl halides is 3. The Balaban J connectivity index is 1.56. The third-order valence-electron chi connectivity index (χ3n) is 5.93. The van der Waals surface area contributed by atoms with Crippen LogP contribution in [0.15, 0.2) is 77.3 Å². The van der Waals surface area contributed by atoms with Gasteiger partial charge in [-0.3, -0.25) is 4.79 Å². The second-order valence-electron chi connectivity index (χ2n) is 8.39. The molecule has 0 aliphatic carbocycles. The average molecular weight is 514 g/mol. The number of nitrogens with zero attached hydrogens (tertiary/aromatic N) is 3. The van der Waals surface area contributed by atoms with Gasteiger partial charge in [-0.1, -0.05) is 59.2 Å². The molecule has 0 spiro atoms. The fourth-order valence-electron chi connectivity index (χ4n) is 3.77. The van der Waals surface area contributed by atoms with Crippen LogP contribution >= 0.6 is 11.6 Å². The summed E-state index contributed by atoms with van der Waals surface area (Å²) in [6, 6.07) is 18.7. The lowest BCUT2D eigenvalue weighted by Crippen LogP contribution is -2.35. The van der Waals surface area contributed by atoms with Crippen molar-refractivity contribution in [2.75, 3.05) is 6.54 Å². The molecule has 1 amide bonds. The maximum absolute atomic E-state index is 13.4. The SMILES string of the molecule is Cc1ccc(-c2noc(CCN(C(=O)c3ccc(C(F)(F)F)cc3)C(C)c3ccccc3)n2)cc1Cl. The zero-order valence-electron chi connectivity index (χ0n) is 19.6. The smallest absolute Gasteiger partial charge is 0.339 e. The first-order valence-electron chi connectivity index (χ1n) is 11.3. The lowest BCUT2D eigenvalue weighted by Gasteiger charge is -2.29. The molecule has 0 bridgehead atoms. The van der Waals surface area contributed by atoms with Gasteiger partial charge in [0, 0.05) is 29.1 Å². The Kier molecular flexibility index (Phi) is 7.45. The molecule has 0 fully saturated rings. The lowest BCUT2D eigenvalue weighted by atomic mass is 10.0. The van der Waals surface area contributed by atoms with Crippen molar-refractivity contribution in [3.05, 3.63) is 106 Å². The predicted molar refractivity (Wildman–Crippen MR) is 131 cm³/mol. The van der Waals surface area contributed by atoms with Crippen molar-refractivity contribution in [1.82, 2.24) is 15.0 Å². The van der Waals surface area contributed by atoms with E-state index in [0.717, 1.165) is 23.3 Å². The van der Waals surface area contributed by atoms with Crippen LogP contribution in [-0.2, 0) is 12.6 Å². The molecule has 3 aromatic carbocycles. The van der Waals surface area contributed by atoms with E-state index in [1.54, 1.807) is 11.0 Å². The van der Waals surface area contributed by atoms with Crippen molar-refractivity contribution >= 4 is 17.5 Å². The second kappa shape index (κ2) is 10.5. The lowest BCUT2D eigenvalue weighted by molar-refractivity contribution is -0.137. The number of hydrogen-bond acceptors (Lipinski definition) is 4. The van der Waals surface area contributed by atoms with Crippen LogP contribution in [0, 0.1) is 6.92 Å². The van der Waals surface area contributed by atoms with Gasteiger partial charge in [0.1, 0.15) is 0 Å². The van der Waals surface area contributed by atoms with E-state index in [1.165, 1.54) is 12.1 Å². The Morgan fingerprint density at radius 1 is 1.06 bits per heavy atom. The van der Waals surface area contributed by atoms with Gasteiger partial charge in [-0.2, -0.15) is 18.2 Å². The molecule has 1 unspecified atom stereocenters. The molecule has 186 valence electrons. The Labute approximate surface area is 211 Å². The maximum Gasteiger partial charge on any atom is 0.416 e. The van der Waals surface area contributed by atoms with E-state index in [1.807, 2.05) is 56.3 Å². The van der Waals surface area contributed by atoms with Gasteiger partial charge in [-0.05, 0) is 55.3 Å². The van der Waals surface area contributed by atoms with Gasteiger partial charge in [0.05, 0.1) is 11.6 Å². The molecule has 0 aliphatic heterocycles. The maximum atomic E-state index is 13.4. The van der Waals surface area contributed by atoms with Gasteiger partial charge in [-0.25, -0.2) is 0 Å². The molecule has 1 heterocycles. The van der Waals surface area contributed by atoms with Gasteiger partial charge >= 0.3 is 6.18 Å². The third kappa shape index (κ3) is 5.76. The molecular formula is C27H23ClF3N3O2. The fraction of sp³-hybridized carbons (Fsp3) is 0.222. The van der Waals surface area contributed by atoms with Crippen molar-refractivity contribution in [3.8, 4) is 11.4 Å². The van der Waals surface area contributed by atoms with Crippen molar-refractivity contribution in [2.24, 2.45) is 0 Å². The van der Waals surface area contributed by atoms with E-state index in [2.05, 4.69) is 10.1 Å². The van der Waals surface area contributed by atoms with Crippen molar-refractivity contribution in [2.45, 2.75) is 32.5 Å². The number of benzene rings is 3. The Morgan fingerprint density at radius 2 is 1.75 bits per heavy atom. The van der Waals surface area contributed by atoms with Gasteiger partial charge in [0.15, 0.2) is 0 Å². The molecular weight excluding hydrogens is 491 g/mol. The van der Waals surface area contributed by atoms with Crippen LogP contribution in [0.1, 0.15) is 45.9 Å². The molecule has 1 aromatic heterocycles. The number of aromatic nitrogens is 2. The molecule has 4 aromatic rings. The third-order valence-corrected chi connectivity index (χ3v) is 6.34. The molecule has 36 heavy (non-hydrogen) atoms. The molecule has 0 aliphatic rings. The van der Waals surface area contributed by atoms with Crippen molar-refractivity contribution in [3.63, 3.8) is 0 Å². The van der Waals surface area contributed by atoms with Crippen LogP contribution in [0.5, 0.6) is 0 Å². The summed E-state index contributed by atoms with van der Waals surface area (Å²) < 4.78 is 44.3. The number of halogens is 4. The molecule has 9 heteroatoms. The number of aryl methyl sites for hydroxylation is 1. The average Bonchev–Trinajstić information content (AvgIpc) is 3.34. The zero-order valence-corrected chi connectivity index (χ0v) is 20.3. The zero-order chi connectivity index (χ0) is 25.9. The monoisotopic (exact) mass is 513 g/mol. The highest BCUT2D eigenvalue weighted by atomic mass is 35.5. The Hall–Kier alpha value is -3.65. The van der Waals surface area contributed by atoms with Crippen LogP contribution < -0.4 is 0 Å². The highest BCUT2D eigenvalue weighted by Crippen LogP contribution is 2.30. The fourth-order valence-corrected chi connectivity index (χ4v) is 3.95. The Bertz CT molecular complexity index is 1340. The van der Waals surface area contributed by atoms with Crippen LogP contribution in [0.25, 0.3) is 11.4 Å². The van der Waals surface area contributed by atoms with E-state index in [4.69, 9.17) is 16.1 Å². The van der Waals surface area contributed by atoms with Gasteiger partial charge in [0.2, 0.25) is 11.7 Å². The first-order chi connectivity index (χ1) is 17.1. The van der Waals surface area contributed by atoms with Gasteiger partial charge < -0.3 is 9.42 Å². The van der Waals surface area contributed by atoms with E-state index in [0.29, 0.717) is 22.3 Å². The summed E-state index contributed by atoms with van der Waals surface area (Å²) in [5.74, 6) is 0.306. The predicted octanol–water partition coefficient (Wildman–Crippen LogP) is 7.16. The summed E-state index contributed by atoms with van der Waals surface area (Å²) in [5.41, 5.74) is 1.87. The summed E-state index contributed by atoms with van der Waals surface area (Å²) in [6.07, 6.45) is -4.22. The first-order valence-corrected chi connectivity index (χ1v) is 11.6. The van der Waals surface area contributed by atoms with Crippen LogP contribution in [0.4, 0.5) is 13.2 Å². The standard InChI is InChI=1S/C27H23ClF3N3O2/c1-17-8-9-21(16-23(17)28)25-32-24(36-33-25)14-15-34(18(2)19-6-4-3-5-7-19)26(35)20-10-12-22(13-11-20)27(29,30)31/h3-13,16,18H,14-15H2,1-2H3. The number of carbonyl (C=O) groups is 1. The number of amides is 1. The first kappa shape index (κ1) is 25.4. The summed E-state index contributed by atoms with van der Waals surface area (Å²) in [7, 11) is 0. The summed E-state index contributed by atoms with van der Waals surface area (Å²) >= 11 is 6.20. The molecule has 0 radical (unpaired) electrons. The van der Waals surface area contributed by atoms with E-state index < -0.39 is 17.6 Å². The van der Waals surface area contributed by atoms with Crippen molar-refractivity contribution < 1.29 is 22.5 Å². The molecule has 0 N–H and O–H groups in total. The topological polar surface area (TPSA) is 59.2 Å². The quantitative estimate of drug-likeness (QED) is 0.263. The molecule has 5 nitrogen and oxygen atoms in total. The highest BCUT2D eigenvalue weighted by Gasteiger charge is 2.31. The molecule has 0 saturated carbocycles. The second-order valence-corrected chi connectivity index (χ2v) is 8.79. The van der Waals surface area contributed by atoms with E-state index >= 15 is 0 Å².